The maximum atomic E-state index is 12.0. The molecule has 2 heterocycles. The van der Waals surface area contributed by atoms with E-state index in [4.69, 9.17) is 9.47 Å². The van der Waals surface area contributed by atoms with Crippen molar-refractivity contribution in [1.29, 1.82) is 0 Å². The Kier molecular flexibility index (Phi) is 4.19. The predicted molar refractivity (Wildman–Crippen MR) is 75.2 cm³/mol. The number of likely N-dealkylation sites (tertiary alicyclic amines) is 1. The molecule has 0 aliphatic carbocycles. The molecule has 1 aromatic heterocycles. The Morgan fingerprint density at radius 2 is 2.20 bits per heavy atom. The summed E-state index contributed by atoms with van der Waals surface area (Å²) >= 11 is 1.28. The van der Waals surface area contributed by atoms with Crippen LogP contribution in [0.2, 0.25) is 0 Å². The summed E-state index contributed by atoms with van der Waals surface area (Å²) in [4.78, 5) is 13.5. The van der Waals surface area contributed by atoms with Crippen molar-refractivity contribution in [2.24, 2.45) is 0 Å². The third-order valence-corrected chi connectivity index (χ3v) is 3.73. The van der Waals surface area contributed by atoms with E-state index in [1.807, 2.05) is 26.2 Å². The Morgan fingerprint density at radius 1 is 1.50 bits per heavy atom. The van der Waals surface area contributed by atoms with Crippen LogP contribution in [0.4, 0.5) is 4.79 Å². The van der Waals surface area contributed by atoms with Crippen molar-refractivity contribution in [3.63, 3.8) is 0 Å². The number of hydrogen-bond donors (Lipinski definition) is 1. The van der Waals surface area contributed by atoms with Crippen LogP contribution >= 0.6 is 11.5 Å². The molecule has 2 rings (SSSR count). The van der Waals surface area contributed by atoms with Crippen molar-refractivity contribution in [3.05, 3.63) is 10.9 Å². The highest BCUT2D eigenvalue weighted by atomic mass is 32.1. The lowest BCUT2D eigenvalue weighted by atomic mass is 9.99. The third-order valence-electron chi connectivity index (χ3n) is 3.10. The van der Waals surface area contributed by atoms with Crippen LogP contribution in [0, 0.1) is 0 Å². The number of methoxy groups -OCH3 is 1. The van der Waals surface area contributed by atoms with Crippen molar-refractivity contribution in [2.45, 2.75) is 38.4 Å². The Hall–Kier alpha value is -1.34. The highest BCUT2D eigenvalue weighted by Crippen LogP contribution is 2.34. The van der Waals surface area contributed by atoms with E-state index in [1.165, 1.54) is 16.4 Å². The Morgan fingerprint density at radius 3 is 2.80 bits per heavy atom. The maximum Gasteiger partial charge on any atom is 0.410 e. The normalized spacial score (nSPS) is 22.9. The van der Waals surface area contributed by atoms with Gasteiger partial charge in [0.15, 0.2) is 0 Å². The molecule has 0 saturated carbocycles. The zero-order valence-electron chi connectivity index (χ0n) is 12.1. The molecule has 1 N–H and O–H groups in total. The fourth-order valence-electron chi connectivity index (χ4n) is 2.20. The first-order chi connectivity index (χ1) is 9.31. The number of carbonyl (C=O) groups is 1. The van der Waals surface area contributed by atoms with E-state index in [2.05, 4.69) is 4.37 Å². The fourth-order valence-corrected chi connectivity index (χ4v) is 2.92. The van der Waals surface area contributed by atoms with Crippen molar-refractivity contribution in [1.82, 2.24) is 9.27 Å². The number of aromatic nitrogens is 1. The van der Waals surface area contributed by atoms with Gasteiger partial charge in [-0.1, -0.05) is 0 Å². The largest absolute Gasteiger partial charge is 0.480 e. The molecule has 6 nitrogen and oxygen atoms in total. The Balaban J connectivity index is 2.08. The smallest absolute Gasteiger partial charge is 0.410 e. The van der Waals surface area contributed by atoms with Gasteiger partial charge < -0.3 is 19.5 Å². The van der Waals surface area contributed by atoms with Crippen LogP contribution in [-0.4, -0.2) is 52.4 Å². The fraction of sp³-hybridized carbons (Fsp3) is 0.692. The zero-order chi connectivity index (χ0) is 14.9. The van der Waals surface area contributed by atoms with Crippen molar-refractivity contribution in [3.8, 4) is 5.88 Å². The molecule has 0 spiro atoms. The van der Waals surface area contributed by atoms with E-state index in [0.29, 0.717) is 12.4 Å². The summed E-state index contributed by atoms with van der Waals surface area (Å²) in [5.41, 5.74) is 0.304. The van der Waals surface area contributed by atoms with E-state index in [1.54, 1.807) is 7.11 Å². The molecule has 7 heteroatoms. The van der Waals surface area contributed by atoms with E-state index in [0.717, 1.165) is 5.56 Å². The molecule has 0 radical (unpaired) electrons. The van der Waals surface area contributed by atoms with Crippen LogP contribution < -0.4 is 4.74 Å². The molecule has 1 amide bonds. The van der Waals surface area contributed by atoms with Gasteiger partial charge in [-0.3, -0.25) is 0 Å². The van der Waals surface area contributed by atoms with Crippen molar-refractivity contribution >= 4 is 17.6 Å². The standard InChI is InChI=1S/C13H20N2O4S/c1-13(2,3)19-12(17)15-5-8(10(16)6-15)9-7-20-14-11(9)18-4/h7-8,10,16H,5-6H2,1-4H3. The molecule has 2 unspecified atom stereocenters. The summed E-state index contributed by atoms with van der Waals surface area (Å²) < 4.78 is 14.6. The molecule has 1 saturated heterocycles. The second kappa shape index (κ2) is 5.57. The molecular formula is C13H20N2O4S. The van der Waals surface area contributed by atoms with Gasteiger partial charge in [0, 0.05) is 23.4 Å². The molecule has 2 atom stereocenters. The van der Waals surface area contributed by atoms with Crippen LogP contribution in [0.1, 0.15) is 32.3 Å². The van der Waals surface area contributed by atoms with E-state index in [9.17, 15) is 9.90 Å². The van der Waals surface area contributed by atoms with Crippen molar-refractivity contribution in [2.75, 3.05) is 20.2 Å². The number of β-amino-alcohol motifs (C(OH)–C–C–N with tert-alkyl or cyclic N) is 1. The molecule has 112 valence electrons. The summed E-state index contributed by atoms with van der Waals surface area (Å²) in [5, 5.41) is 12.0. The van der Waals surface area contributed by atoms with Gasteiger partial charge in [-0.05, 0) is 32.3 Å². The van der Waals surface area contributed by atoms with E-state index < -0.39 is 17.8 Å². The summed E-state index contributed by atoms with van der Waals surface area (Å²) in [5.74, 6) is 0.335. The monoisotopic (exact) mass is 300 g/mol. The number of rotatable bonds is 2. The minimum atomic E-state index is -0.632. The van der Waals surface area contributed by atoms with Crippen LogP contribution in [-0.2, 0) is 4.74 Å². The minimum Gasteiger partial charge on any atom is -0.480 e. The van der Waals surface area contributed by atoms with Gasteiger partial charge in [0.1, 0.15) is 5.60 Å². The minimum absolute atomic E-state index is 0.184. The summed E-state index contributed by atoms with van der Waals surface area (Å²) in [6.07, 6.45) is -1.03. The SMILES string of the molecule is COc1nscc1C1CN(C(=O)OC(C)(C)C)CC1O. The lowest BCUT2D eigenvalue weighted by molar-refractivity contribution is 0.0270. The number of aliphatic hydroxyl groups is 1. The van der Waals surface area contributed by atoms with Crippen LogP contribution in [0.15, 0.2) is 5.38 Å². The number of carbonyl (C=O) groups excluding carboxylic acids is 1. The Bertz CT molecular complexity index is 483. The summed E-state index contributed by atoms with van der Waals surface area (Å²) in [6, 6.07) is 0. The molecule has 20 heavy (non-hydrogen) atoms. The number of ether oxygens (including phenoxy) is 2. The second-order valence-electron chi connectivity index (χ2n) is 5.84. The summed E-state index contributed by atoms with van der Waals surface area (Å²) in [6.45, 7) is 6.13. The number of hydrogen-bond acceptors (Lipinski definition) is 6. The highest BCUT2D eigenvalue weighted by molar-refractivity contribution is 7.03. The van der Waals surface area contributed by atoms with Crippen LogP contribution in [0.3, 0.4) is 0 Å². The lowest BCUT2D eigenvalue weighted by Crippen LogP contribution is -2.35. The topological polar surface area (TPSA) is 71.9 Å². The first-order valence-electron chi connectivity index (χ1n) is 6.46. The van der Waals surface area contributed by atoms with Gasteiger partial charge in [-0.2, -0.15) is 4.37 Å². The Labute approximate surface area is 122 Å². The van der Waals surface area contributed by atoms with Gasteiger partial charge in [-0.25, -0.2) is 4.79 Å². The number of aliphatic hydroxyl groups excluding tert-OH is 1. The van der Waals surface area contributed by atoms with Crippen LogP contribution in [0.5, 0.6) is 5.88 Å². The molecular weight excluding hydrogens is 280 g/mol. The second-order valence-corrected chi connectivity index (χ2v) is 6.47. The average Bonchev–Trinajstić information content (AvgIpc) is 2.92. The predicted octanol–water partition coefficient (Wildman–Crippen LogP) is 1.85. The van der Waals surface area contributed by atoms with Gasteiger partial charge in [0.2, 0.25) is 5.88 Å². The lowest BCUT2D eigenvalue weighted by Gasteiger charge is -2.24. The quantitative estimate of drug-likeness (QED) is 0.902. The number of amides is 1. The first-order valence-corrected chi connectivity index (χ1v) is 7.29. The molecule has 1 aromatic rings. The van der Waals surface area contributed by atoms with Gasteiger partial charge in [0.05, 0.1) is 19.8 Å². The van der Waals surface area contributed by atoms with E-state index >= 15 is 0 Å². The average molecular weight is 300 g/mol. The maximum absolute atomic E-state index is 12.0. The van der Waals surface area contributed by atoms with Gasteiger partial charge >= 0.3 is 6.09 Å². The van der Waals surface area contributed by atoms with Gasteiger partial charge in [0.25, 0.3) is 0 Å². The van der Waals surface area contributed by atoms with Crippen LogP contribution in [0.25, 0.3) is 0 Å². The highest BCUT2D eigenvalue weighted by Gasteiger charge is 2.38. The molecule has 1 aliphatic heterocycles. The summed E-state index contributed by atoms with van der Waals surface area (Å²) in [7, 11) is 1.55. The molecule has 1 fully saturated rings. The first kappa shape index (κ1) is 15.1. The molecule has 1 aliphatic rings. The zero-order valence-corrected chi connectivity index (χ0v) is 12.9. The number of nitrogens with zero attached hydrogens (tertiary/aromatic N) is 2. The van der Waals surface area contributed by atoms with E-state index in [-0.39, 0.29) is 12.5 Å². The molecule has 0 bridgehead atoms. The van der Waals surface area contributed by atoms with Gasteiger partial charge in [-0.15, -0.1) is 0 Å². The molecule has 0 aromatic carbocycles. The third kappa shape index (κ3) is 3.21. The van der Waals surface area contributed by atoms with Crippen molar-refractivity contribution < 1.29 is 19.4 Å².